The van der Waals surface area contributed by atoms with Crippen molar-refractivity contribution in [3.05, 3.63) is 66.1 Å². The van der Waals surface area contributed by atoms with Crippen LogP contribution < -0.4 is 10.1 Å². The number of amides is 2. The van der Waals surface area contributed by atoms with Crippen LogP contribution in [0.15, 0.2) is 59.2 Å². The van der Waals surface area contributed by atoms with Crippen LogP contribution in [0, 0.1) is 0 Å². The molecule has 7 heteroatoms. The van der Waals surface area contributed by atoms with Crippen molar-refractivity contribution in [2.24, 2.45) is 0 Å². The van der Waals surface area contributed by atoms with Crippen LogP contribution >= 0.6 is 0 Å². The highest BCUT2D eigenvalue weighted by Crippen LogP contribution is 2.23. The molecule has 0 unspecified atom stereocenters. The van der Waals surface area contributed by atoms with Gasteiger partial charge in [0.05, 0.1) is 32.5 Å². The van der Waals surface area contributed by atoms with E-state index in [1.165, 1.54) is 0 Å². The van der Waals surface area contributed by atoms with Gasteiger partial charge in [-0.2, -0.15) is 0 Å². The number of carbonyl (C=O) groups excluding carboxylic acids is 2. The minimum atomic E-state index is -0.280. The van der Waals surface area contributed by atoms with Gasteiger partial charge < -0.3 is 19.4 Å². The van der Waals surface area contributed by atoms with Crippen LogP contribution in [-0.2, 0) is 22.7 Å². The number of nitrogens with one attached hydrogen (secondary N) is 1. The first kappa shape index (κ1) is 21.9. The molecule has 4 rings (SSSR count). The van der Waals surface area contributed by atoms with Crippen LogP contribution in [0.3, 0.4) is 0 Å². The van der Waals surface area contributed by atoms with Crippen LogP contribution in [0.2, 0.25) is 0 Å². The van der Waals surface area contributed by atoms with E-state index in [1.807, 2.05) is 48.3 Å². The first-order chi connectivity index (χ1) is 15.5. The minimum absolute atomic E-state index is 0.00515. The average molecular weight is 436 g/mol. The zero-order chi connectivity index (χ0) is 22.5. The maximum absolute atomic E-state index is 12.9. The Balaban J connectivity index is 1.33. The number of likely N-dealkylation sites (tertiary alicyclic amines) is 1. The Morgan fingerprint density at radius 2 is 2.00 bits per heavy atom. The molecule has 0 saturated carbocycles. The molecule has 0 aliphatic carbocycles. The number of hydrogen-bond donors (Lipinski definition) is 1. The molecule has 2 aromatic carbocycles. The fraction of sp³-hybridized carbons (Fsp3) is 0.360. The molecule has 1 atom stereocenters. The number of methoxy groups -OCH3 is 1. The molecule has 1 aliphatic heterocycles. The number of likely N-dealkylation sites (N-methyl/N-ethyl adjacent to an activating group) is 1. The summed E-state index contributed by atoms with van der Waals surface area (Å²) < 4.78 is 10.5. The molecule has 2 amide bonds. The van der Waals surface area contributed by atoms with Crippen molar-refractivity contribution in [1.29, 1.82) is 0 Å². The summed E-state index contributed by atoms with van der Waals surface area (Å²) in [7, 11) is 3.46. The Morgan fingerprint density at radius 3 is 2.78 bits per heavy atom. The second kappa shape index (κ2) is 9.87. The number of ether oxygens (including phenoxy) is 1. The van der Waals surface area contributed by atoms with Crippen molar-refractivity contribution in [2.75, 3.05) is 27.2 Å². The van der Waals surface area contributed by atoms with E-state index in [4.69, 9.17) is 9.15 Å². The first-order valence-corrected chi connectivity index (χ1v) is 10.9. The zero-order valence-electron chi connectivity index (χ0n) is 18.5. The summed E-state index contributed by atoms with van der Waals surface area (Å²) in [6.45, 7) is 1.86. The van der Waals surface area contributed by atoms with E-state index >= 15 is 0 Å². The summed E-state index contributed by atoms with van der Waals surface area (Å²) in [5.74, 6) is 1.49. The zero-order valence-corrected chi connectivity index (χ0v) is 18.5. The third-order valence-electron chi connectivity index (χ3n) is 5.98. The summed E-state index contributed by atoms with van der Waals surface area (Å²) >= 11 is 0. The van der Waals surface area contributed by atoms with Gasteiger partial charge in [0.25, 0.3) is 0 Å². The van der Waals surface area contributed by atoms with Gasteiger partial charge >= 0.3 is 0 Å². The topological polar surface area (TPSA) is 75.0 Å². The highest BCUT2D eigenvalue weighted by Gasteiger charge is 2.32. The molecular weight excluding hydrogens is 406 g/mol. The Kier molecular flexibility index (Phi) is 6.75. The predicted octanol–water partition coefficient (Wildman–Crippen LogP) is 3.18. The van der Waals surface area contributed by atoms with Gasteiger partial charge in [-0.3, -0.25) is 14.5 Å². The molecular formula is C25H29N3O4. The summed E-state index contributed by atoms with van der Waals surface area (Å²) in [6.07, 6.45) is 3.25. The third-order valence-corrected chi connectivity index (χ3v) is 5.98. The average Bonchev–Trinajstić information content (AvgIpc) is 3.49. The molecule has 0 bridgehead atoms. The third kappa shape index (κ3) is 5.11. The van der Waals surface area contributed by atoms with Gasteiger partial charge in [-0.25, -0.2) is 0 Å². The number of nitrogens with zero attached hydrogens (tertiary/aromatic N) is 2. The van der Waals surface area contributed by atoms with E-state index in [1.54, 1.807) is 24.3 Å². The molecule has 1 N–H and O–H groups in total. The Hall–Kier alpha value is -3.32. The molecule has 1 fully saturated rings. The summed E-state index contributed by atoms with van der Waals surface area (Å²) in [5, 5.41) is 5.12. The lowest BCUT2D eigenvalue weighted by Crippen LogP contribution is -2.47. The second-order valence-corrected chi connectivity index (χ2v) is 8.22. The molecule has 32 heavy (non-hydrogen) atoms. The molecule has 1 aromatic heterocycles. The monoisotopic (exact) mass is 435 g/mol. The Bertz CT molecular complexity index is 1080. The van der Waals surface area contributed by atoms with Gasteiger partial charge in [-0.15, -0.1) is 0 Å². The lowest BCUT2D eigenvalue weighted by atomic mass is 10.1. The van der Waals surface area contributed by atoms with Crippen molar-refractivity contribution in [3.63, 3.8) is 0 Å². The minimum Gasteiger partial charge on any atom is -0.497 e. The van der Waals surface area contributed by atoms with Crippen LogP contribution in [-0.4, -0.2) is 54.9 Å². The van der Waals surface area contributed by atoms with Crippen molar-refractivity contribution >= 4 is 22.6 Å². The largest absolute Gasteiger partial charge is 0.497 e. The lowest BCUT2D eigenvalue weighted by Gasteiger charge is -2.26. The number of hydrogen-bond acceptors (Lipinski definition) is 5. The van der Waals surface area contributed by atoms with E-state index in [0.29, 0.717) is 18.8 Å². The lowest BCUT2D eigenvalue weighted by molar-refractivity contribution is -0.133. The predicted molar refractivity (Wildman–Crippen MR) is 122 cm³/mol. The van der Waals surface area contributed by atoms with E-state index in [-0.39, 0.29) is 24.4 Å². The van der Waals surface area contributed by atoms with Crippen molar-refractivity contribution in [3.8, 4) is 5.75 Å². The maximum atomic E-state index is 12.9. The summed E-state index contributed by atoms with van der Waals surface area (Å²) in [6, 6.07) is 15.5. The Labute approximate surface area is 187 Å². The van der Waals surface area contributed by atoms with E-state index in [0.717, 1.165) is 41.5 Å². The number of rotatable bonds is 8. The number of benzene rings is 2. The molecule has 168 valence electrons. The quantitative estimate of drug-likeness (QED) is 0.588. The van der Waals surface area contributed by atoms with Crippen LogP contribution in [0.25, 0.3) is 10.8 Å². The molecule has 0 spiro atoms. The van der Waals surface area contributed by atoms with Crippen LogP contribution in [0.4, 0.5) is 0 Å². The normalized spacial score (nSPS) is 16.2. The fourth-order valence-corrected chi connectivity index (χ4v) is 4.17. The molecule has 1 aliphatic rings. The van der Waals surface area contributed by atoms with Crippen molar-refractivity contribution in [1.82, 2.24) is 15.1 Å². The molecule has 2 heterocycles. The van der Waals surface area contributed by atoms with E-state index < -0.39 is 0 Å². The van der Waals surface area contributed by atoms with Crippen LogP contribution in [0.1, 0.15) is 24.2 Å². The van der Waals surface area contributed by atoms with Gasteiger partial charge in [-0.05, 0) is 66.1 Å². The van der Waals surface area contributed by atoms with Crippen molar-refractivity contribution < 1.29 is 18.7 Å². The SMILES string of the molecule is COc1ccc2cc(CN(C)C(=O)CN3CCC[C@H]3C(=O)NCc3ccco3)ccc2c1. The molecule has 0 radical (unpaired) electrons. The van der Waals surface area contributed by atoms with E-state index in [2.05, 4.69) is 11.4 Å². The number of furan rings is 1. The van der Waals surface area contributed by atoms with Crippen LogP contribution in [0.5, 0.6) is 5.75 Å². The van der Waals surface area contributed by atoms with Crippen molar-refractivity contribution in [2.45, 2.75) is 32.0 Å². The first-order valence-electron chi connectivity index (χ1n) is 10.9. The van der Waals surface area contributed by atoms with E-state index in [9.17, 15) is 9.59 Å². The van der Waals surface area contributed by atoms with Gasteiger partial charge in [0, 0.05) is 13.6 Å². The van der Waals surface area contributed by atoms with Gasteiger partial charge in [0.1, 0.15) is 11.5 Å². The van der Waals surface area contributed by atoms with Gasteiger partial charge in [0.2, 0.25) is 11.8 Å². The Morgan fingerprint density at radius 1 is 1.19 bits per heavy atom. The summed E-state index contributed by atoms with van der Waals surface area (Å²) in [5.41, 5.74) is 1.06. The van der Waals surface area contributed by atoms with Gasteiger partial charge in [0.15, 0.2) is 0 Å². The van der Waals surface area contributed by atoms with Gasteiger partial charge in [-0.1, -0.05) is 18.2 Å². The molecule has 3 aromatic rings. The molecule has 7 nitrogen and oxygen atoms in total. The number of carbonyl (C=O) groups is 2. The molecule has 1 saturated heterocycles. The standard InChI is InChI=1S/C25H29N3O4/c1-27(16-18-7-8-20-14-21(31-2)10-9-19(20)13-18)24(29)17-28-11-3-6-23(28)25(30)26-15-22-5-4-12-32-22/h4-5,7-10,12-14,23H,3,6,11,15-17H2,1-2H3,(H,26,30)/t23-/m0/s1. The highest BCUT2D eigenvalue weighted by molar-refractivity contribution is 5.85. The summed E-state index contributed by atoms with van der Waals surface area (Å²) in [4.78, 5) is 29.2. The number of fused-ring (bicyclic) bond motifs is 1. The second-order valence-electron chi connectivity index (χ2n) is 8.22. The maximum Gasteiger partial charge on any atom is 0.237 e. The smallest absolute Gasteiger partial charge is 0.237 e. The fourth-order valence-electron chi connectivity index (χ4n) is 4.17. The highest BCUT2D eigenvalue weighted by atomic mass is 16.5.